The molecular weight excluding hydrogens is 430 g/mol. The van der Waals surface area contributed by atoms with Gasteiger partial charge in [-0.05, 0) is 50.2 Å². The van der Waals surface area contributed by atoms with E-state index in [1.54, 1.807) is 6.20 Å². The van der Waals surface area contributed by atoms with E-state index in [1.807, 2.05) is 38.1 Å². The van der Waals surface area contributed by atoms with Crippen LogP contribution in [-0.4, -0.2) is 37.5 Å². The van der Waals surface area contributed by atoms with Gasteiger partial charge in [0, 0.05) is 25.6 Å². The van der Waals surface area contributed by atoms with Crippen LogP contribution in [0.4, 0.5) is 4.79 Å². The Labute approximate surface area is 204 Å². The summed E-state index contributed by atoms with van der Waals surface area (Å²) in [6.07, 6.45) is 12.4. The Morgan fingerprint density at radius 2 is 2.06 bits per heavy atom. The number of hydrogen-bond donors (Lipinski definition) is 1. The molecule has 188 valence electrons. The van der Waals surface area contributed by atoms with Crippen molar-refractivity contribution in [1.82, 2.24) is 5.32 Å². The van der Waals surface area contributed by atoms with E-state index in [0.717, 1.165) is 36.8 Å². The zero-order valence-electron chi connectivity index (χ0n) is 21.2. The Morgan fingerprint density at radius 1 is 1.24 bits per heavy atom. The Balaban J connectivity index is 2.12. The van der Waals surface area contributed by atoms with Crippen molar-refractivity contribution >= 4 is 12.1 Å². The molecule has 1 aromatic carbocycles. The monoisotopic (exact) mass is 471 g/mol. The number of nitrogens with one attached hydrogen (secondary N) is 1. The maximum Gasteiger partial charge on any atom is 0.411 e. The van der Waals surface area contributed by atoms with Gasteiger partial charge in [0.1, 0.15) is 6.10 Å². The van der Waals surface area contributed by atoms with Gasteiger partial charge >= 0.3 is 12.1 Å². The van der Waals surface area contributed by atoms with E-state index in [0.29, 0.717) is 38.0 Å². The van der Waals surface area contributed by atoms with E-state index >= 15 is 0 Å². The molecule has 0 unspecified atom stereocenters. The van der Waals surface area contributed by atoms with Crippen LogP contribution in [-0.2, 0) is 20.6 Å². The summed E-state index contributed by atoms with van der Waals surface area (Å²) in [5, 5.41) is 2.63. The van der Waals surface area contributed by atoms with Gasteiger partial charge in [0.15, 0.2) is 0 Å². The van der Waals surface area contributed by atoms with E-state index in [-0.39, 0.29) is 24.1 Å². The van der Waals surface area contributed by atoms with Gasteiger partial charge in [-0.25, -0.2) is 9.59 Å². The summed E-state index contributed by atoms with van der Waals surface area (Å²) >= 11 is 0. The number of alkyl carbamates (subject to hydrolysis) is 1. The van der Waals surface area contributed by atoms with E-state index in [9.17, 15) is 9.59 Å². The number of benzene rings is 1. The van der Waals surface area contributed by atoms with Crippen molar-refractivity contribution in [2.24, 2.45) is 5.92 Å². The molecular formula is C28H41NO5. The number of aryl methyl sites for hydroxylation is 1. The summed E-state index contributed by atoms with van der Waals surface area (Å²) in [5.41, 5.74) is 2.51. The summed E-state index contributed by atoms with van der Waals surface area (Å²) in [6, 6.07) is 5.89. The van der Waals surface area contributed by atoms with Crippen LogP contribution in [0.15, 0.2) is 42.6 Å². The molecule has 0 radical (unpaired) electrons. The average molecular weight is 472 g/mol. The first-order valence-corrected chi connectivity index (χ1v) is 12.6. The number of unbranched alkanes of at least 4 members (excludes halogenated alkanes) is 2. The number of hydrogen-bond acceptors (Lipinski definition) is 5. The Hall–Kier alpha value is -2.60. The van der Waals surface area contributed by atoms with Gasteiger partial charge in [-0.1, -0.05) is 63.1 Å². The molecule has 0 saturated carbocycles. The summed E-state index contributed by atoms with van der Waals surface area (Å²) < 4.78 is 17.2. The molecule has 6 heteroatoms. The number of ether oxygens (including phenoxy) is 3. The second-order valence-corrected chi connectivity index (χ2v) is 8.88. The minimum atomic E-state index is -0.472. The highest BCUT2D eigenvalue weighted by molar-refractivity contribution is 5.93. The smallest absolute Gasteiger partial charge is 0.411 e. The fraction of sp³-hybridized carbons (Fsp3) is 0.571. The van der Waals surface area contributed by atoms with Crippen LogP contribution >= 0.6 is 0 Å². The van der Waals surface area contributed by atoms with E-state index in [4.69, 9.17) is 14.2 Å². The van der Waals surface area contributed by atoms with Gasteiger partial charge in [-0.3, -0.25) is 5.32 Å². The minimum absolute atomic E-state index is 0.0342. The van der Waals surface area contributed by atoms with Gasteiger partial charge < -0.3 is 14.2 Å². The van der Waals surface area contributed by atoms with Gasteiger partial charge in [0.25, 0.3) is 0 Å². The summed E-state index contributed by atoms with van der Waals surface area (Å²) in [4.78, 5) is 25.0. The maximum absolute atomic E-state index is 13.2. The van der Waals surface area contributed by atoms with Gasteiger partial charge in [-0.2, -0.15) is 0 Å². The SMILES string of the molecule is CCCCCOC(=O)N/C=C/C[C@H]1C[C@@H](OCC)[C@@H](C)C/C=C/Cc2cccc(C)c2C(=O)O1. The van der Waals surface area contributed by atoms with E-state index in [2.05, 4.69) is 31.3 Å². The number of carbonyl (C=O) groups is 2. The quantitative estimate of drug-likeness (QED) is 0.261. The third kappa shape index (κ3) is 9.34. The third-order valence-electron chi connectivity index (χ3n) is 6.06. The molecule has 1 N–H and O–H groups in total. The molecule has 0 spiro atoms. The number of cyclic esters (lactones) is 1. The lowest BCUT2D eigenvalue weighted by atomic mass is 9.93. The van der Waals surface area contributed by atoms with Crippen LogP contribution in [0.2, 0.25) is 0 Å². The third-order valence-corrected chi connectivity index (χ3v) is 6.06. The molecule has 2 rings (SSSR count). The molecule has 6 nitrogen and oxygen atoms in total. The molecule has 0 fully saturated rings. The lowest BCUT2D eigenvalue weighted by Gasteiger charge is -2.28. The first-order valence-electron chi connectivity index (χ1n) is 12.6. The topological polar surface area (TPSA) is 73.9 Å². The highest BCUT2D eigenvalue weighted by Gasteiger charge is 2.26. The second kappa shape index (κ2) is 15.3. The summed E-state index contributed by atoms with van der Waals surface area (Å²) in [6.45, 7) is 9.20. The Kier molecular flexibility index (Phi) is 12.5. The van der Waals surface area contributed by atoms with Crippen LogP contribution in [0.25, 0.3) is 0 Å². The molecule has 0 saturated heterocycles. The maximum atomic E-state index is 13.2. The summed E-state index contributed by atoms with van der Waals surface area (Å²) in [5.74, 6) is -0.0271. The number of allylic oxidation sites excluding steroid dienone is 2. The van der Waals surface area contributed by atoms with Crippen LogP contribution < -0.4 is 5.32 Å². The first-order chi connectivity index (χ1) is 16.5. The predicted octanol–water partition coefficient (Wildman–Crippen LogP) is 6.27. The van der Waals surface area contributed by atoms with Crippen molar-refractivity contribution < 1.29 is 23.8 Å². The highest BCUT2D eigenvalue weighted by Crippen LogP contribution is 2.25. The van der Waals surface area contributed by atoms with E-state index in [1.165, 1.54) is 0 Å². The van der Waals surface area contributed by atoms with Crippen molar-refractivity contribution in [2.75, 3.05) is 13.2 Å². The molecule has 1 amide bonds. The molecule has 1 heterocycles. The van der Waals surface area contributed by atoms with Crippen molar-refractivity contribution in [1.29, 1.82) is 0 Å². The molecule has 1 aliphatic rings. The number of fused-ring (bicyclic) bond motifs is 1. The number of carbonyl (C=O) groups excluding carboxylic acids is 2. The standard InChI is InChI=1S/C28H41NO5/c1-5-7-10-19-33-28(31)29-18-12-17-24-20-25(32-6-2)21(3)13-8-9-15-23-16-11-14-22(4)26(23)27(30)34-24/h8-9,11-12,14,16,18,21,24-25H,5-7,10,13,15,17,19-20H2,1-4H3,(H,29,31)/b9-8+,18-12+/t21-,24-,25+/m0/s1. The fourth-order valence-electron chi connectivity index (χ4n) is 4.11. The lowest BCUT2D eigenvalue weighted by Crippen LogP contribution is -2.30. The van der Waals surface area contributed by atoms with Crippen molar-refractivity contribution in [2.45, 2.75) is 84.8 Å². The van der Waals surface area contributed by atoms with E-state index < -0.39 is 6.09 Å². The number of amides is 1. The van der Waals surface area contributed by atoms with Crippen molar-refractivity contribution in [3.63, 3.8) is 0 Å². The summed E-state index contributed by atoms with van der Waals surface area (Å²) in [7, 11) is 0. The van der Waals surface area contributed by atoms with Crippen LogP contribution in [0.3, 0.4) is 0 Å². The molecule has 0 aliphatic carbocycles. The zero-order chi connectivity index (χ0) is 24.8. The number of esters is 1. The van der Waals surface area contributed by atoms with Crippen molar-refractivity contribution in [3.8, 4) is 0 Å². The molecule has 1 aliphatic heterocycles. The molecule has 1 aromatic rings. The fourth-order valence-corrected chi connectivity index (χ4v) is 4.11. The Bertz CT molecular complexity index is 832. The first kappa shape index (κ1) is 27.6. The lowest BCUT2D eigenvalue weighted by molar-refractivity contribution is -0.0223. The molecule has 0 aromatic heterocycles. The van der Waals surface area contributed by atoms with Gasteiger partial charge in [0.05, 0.1) is 18.3 Å². The zero-order valence-corrected chi connectivity index (χ0v) is 21.2. The van der Waals surface area contributed by atoms with Gasteiger partial charge in [0.2, 0.25) is 0 Å². The second-order valence-electron chi connectivity index (χ2n) is 8.88. The molecule has 34 heavy (non-hydrogen) atoms. The normalized spacial score (nSPS) is 22.2. The predicted molar refractivity (Wildman–Crippen MR) is 135 cm³/mol. The van der Waals surface area contributed by atoms with Crippen LogP contribution in [0.5, 0.6) is 0 Å². The van der Waals surface area contributed by atoms with Crippen LogP contribution in [0.1, 0.15) is 80.8 Å². The van der Waals surface area contributed by atoms with Crippen LogP contribution in [0, 0.1) is 12.8 Å². The molecule has 3 atom stereocenters. The Morgan fingerprint density at radius 3 is 2.82 bits per heavy atom. The van der Waals surface area contributed by atoms with Gasteiger partial charge in [-0.15, -0.1) is 0 Å². The average Bonchev–Trinajstić information content (AvgIpc) is 2.81. The highest BCUT2D eigenvalue weighted by atomic mass is 16.6. The minimum Gasteiger partial charge on any atom is -0.458 e. The largest absolute Gasteiger partial charge is 0.458 e. The van der Waals surface area contributed by atoms with Crippen molar-refractivity contribution in [3.05, 3.63) is 59.3 Å². The number of rotatable bonds is 9. The molecule has 0 bridgehead atoms.